The molecule has 2 N–H and O–H groups in total. The number of para-hydroxylation sites is 1. The lowest BCUT2D eigenvalue weighted by Crippen LogP contribution is -2.26. The molecule has 1 fully saturated rings. The summed E-state index contributed by atoms with van der Waals surface area (Å²) in [6, 6.07) is 24.7. The number of halogens is 1. The van der Waals surface area contributed by atoms with E-state index in [1.165, 1.54) is 0 Å². The molecule has 7 heteroatoms. The molecule has 1 unspecified atom stereocenters. The van der Waals surface area contributed by atoms with Crippen LogP contribution in [0.25, 0.3) is 10.9 Å². The lowest BCUT2D eigenvalue weighted by atomic mass is 10.1. The Morgan fingerprint density at radius 2 is 1.85 bits per heavy atom. The molecule has 0 radical (unpaired) electrons. The molecular formula is C27H23ClN4O2. The second kappa shape index (κ2) is 9.50. The van der Waals surface area contributed by atoms with E-state index in [4.69, 9.17) is 21.3 Å². The summed E-state index contributed by atoms with van der Waals surface area (Å²) in [6.07, 6.45) is 0.809. The van der Waals surface area contributed by atoms with Crippen LogP contribution in [0.3, 0.4) is 0 Å². The Kier molecular flexibility index (Phi) is 6.11. The Hall–Kier alpha value is -3.95. The van der Waals surface area contributed by atoms with Gasteiger partial charge in [0.1, 0.15) is 35.1 Å². The van der Waals surface area contributed by atoms with Crippen LogP contribution < -0.4 is 15.0 Å². The number of fused-ring (bicyclic) bond motifs is 1. The highest BCUT2D eigenvalue weighted by atomic mass is 35.5. The van der Waals surface area contributed by atoms with Gasteiger partial charge in [0.15, 0.2) is 0 Å². The van der Waals surface area contributed by atoms with Crippen molar-refractivity contribution in [2.24, 2.45) is 0 Å². The summed E-state index contributed by atoms with van der Waals surface area (Å²) in [4.78, 5) is 6.97. The van der Waals surface area contributed by atoms with Gasteiger partial charge in [-0.1, -0.05) is 41.9 Å². The quantitative estimate of drug-likeness (QED) is 0.374. The van der Waals surface area contributed by atoms with Gasteiger partial charge in [-0.05, 0) is 48.0 Å². The summed E-state index contributed by atoms with van der Waals surface area (Å²) in [5.74, 6) is 1.49. The van der Waals surface area contributed by atoms with Crippen LogP contribution in [-0.2, 0) is 6.54 Å². The fraction of sp³-hybridized carbons (Fsp3) is 0.185. The van der Waals surface area contributed by atoms with E-state index in [1.54, 1.807) is 24.3 Å². The average molecular weight is 471 g/mol. The number of anilines is 2. The third-order valence-corrected chi connectivity index (χ3v) is 6.20. The first-order valence-electron chi connectivity index (χ1n) is 11.1. The van der Waals surface area contributed by atoms with Crippen LogP contribution in [0.4, 0.5) is 11.5 Å². The Balaban J connectivity index is 1.44. The summed E-state index contributed by atoms with van der Waals surface area (Å²) in [6.45, 7) is 1.95. The first kappa shape index (κ1) is 21.9. The van der Waals surface area contributed by atoms with Gasteiger partial charge in [-0.25, -0.2) is 4.98 Å². The normalized spacial score (nSPS) is 15.3. The number of hydrogen-bond acceptors (Lipinski definition) is 6. The molecule has 1 aliphatic rings. The fourth-order valence-electron chi connectivity index (χ4n) is 4.29. The molecular weight excluding hydrogens is 448 g/mol. The van der Waals surface area contributed by atoms with Gasteiger partial charge in [0, 0.05) is 29.9 Å². The number of ether oxygens (including phenoxy) is 1. The van der Waals surface area contributed by atoms with Crippen LogP contribution in [0, 0.1) is 11.3 Å². The number of phenols is 1. The number of rotatable bonds is 6. The van der Waals surface area contributed by atoms with Gasteiger partial charge in [0.2, 0.25) is 0 Å². The van der Waals surface area contributed by atoms with E-state index in [-0.39, 0.29) is 11.9 Å². The maximum atomic E-state index is 10.2. The predicted octanol–water partition coefficient (Wildman–Crippen LogP) is 5.74. The van der Waals surface area contributed by atoms with Crippen molar-refractivity contribution in [2.75, 3.05) is 23.3 Å². The smallest absolute Gasteiger partial charge is 0.147 e. The molecule has 6 nitrogen and oxygen atoms in total. The van der Waals surface area contributed by atoms with Gasteiger partial charge in [-0.2, -0.15) is 5.26 Å². The molecule has 4 aromatic rings. The van der Waals surface area contributed by atoms with Crippen molar-refractivity contribution in [3.8, 4) is 17.6 Å². The van der Waals surface area contributed by atoms with E-state index in [9.17, 15) is 10.4 Å². The minimum atomic E-state index is -0.0199. The number of nitrogens with one attached hydrogen (secondary N) is 1. The first-order valence-corrected chi connectivity index (χ1v) is 11.5. The maximum absolute atomic E-state index is 10.2. The number of aromatic nitrogens is 1. The van der Waals surface area contributed by atoms with Crippen molar-refractivity contribution in [3.05, 3.63) is 88.9 Å². The average Bonchev–Trinajstić information content (AvgIpc) is 3.32. The van der Waals surface area contributed by atoms with Crippen molar-refractivity contribution in [2.45, 2.75) is 19.1 Å². The van der Waals surface area contributed by atoms with Gasteiger partial charge in [-0.15, -0.1) is 0 Å². The summed E-state index contributed by atoms with van der Waals surface area (Å²) >= 11 is 6.00. The van der Waals surface area contributed by atoms with E-state index in [0.29, 0.717) is 29.5 Å². The molecule has 5 rings (SSSR count). The van der Waals surface area contributed by atoms with Gasteiger partial charge < -0.3 is 20.1 Å². The molecule has 34 heavy (non-hydrogen) atoms. The third kappa shape index (κ3) is 4.57. The van der Waals surface area contributed by atoms with E-state index in [0.717, 1.165) is 40.9 Å². The molecule has 0 bridgehead atoms. The first-order chi connectivity index (χ1) is 16.6. The van der Waals surface area contributed by atoms with Crippen molar-refractivity contribution in [1.82, 2.24) is 4.98 Å². The Morgan fingerprint density at radius 1 is 1.09 bits per heavy atom. The molecule has 1 aliphatic heterocycles. The fourth-order valence-corrected chi connectivity index (χ4v) is 4.42. The summed E-state index contributed by atoms with van der Waals surface area (Å²) in [5.41, 5.74) is 3.29. The number of hydrogen-bond donors (Lipinski definition) is 2. The van der Waals surface area contributed by atoms with Crippen LogP contribution in [-0.4, -0.2) is 29.3 Å². The van der Waals surface area contributed by atoms with E-state index in [1.807, 2.05) is 48.5 Å². The minimum Gasteiger partial charge on any atom is -0.508 e. The molecule has 170 valence electrons. The third-order valence-electron chi connectivity index (χ3n) is 5.95. The molecule has 0 saturated carbocycles. The summed E-state index contributed by atoms with van der Waals surface area (Å²) in [5, 5.41) is 24.6. The topological polar surface area (TPSA) is 81.4 Å². The Labute approximate surface area is 203 Å². The Bertz CT molecular complexity index is 1350. The summed E-state index contributed by atoms with van der Waals surface area (Å²) < 4.78 is 6.14. The SMILES string of the molecule is N#Cc1c(NCc2ccc(Cl)cc2)nc2ccccc2c1N1CCC(Oc2ccc(O)cc2)C1. The standard InChI is InChI=1S/C27H23ClN4O2/c28-19-7-5-18(6-8-19)16-30-27-24(15-29)26(23-3-1-2-4-25(23)31-27)32-14-13-22(17-32)34-21-11-9-20(33)10-12-21/h1-12,22,33H,13-14,16-17H2,(H,30,31). The monoisotopic (exact) mass is 470 g/mol. The molecule has 1 atom stereocenters. The second-order valence-corrected chi connectivity index (χ2v) is 8.70. The van der Waals surface area contributed by atoms with Crippen molar-refractivity contribution >= 4 is 34.0 Å². The summed E-state index contributed by atoms with van der Waals surface area (Å²) in [7, 11) is 0. The van der Waals surface area contributed by atoms with E-state index < -0.39 is 0 Å². The predicted molar refractivity (Wildman–Crippen MR) is 135 cm³/mol. The van der Waals surface area contributed by atoms with Crippen molar-refractivity contribution in [1.29, 1.82) is 5.26 Å². The molecule has 0 aliphatic carbocycles. The maximum Gasteiger partial charge on any atom is 0.147 e. The van der Waals surface area contributed by atoms with Crippen LogP contribution in [0.1, 0.15) is 17.5 Å². The van der Waals surface area contributed by atoms with Gasteiger partial charge >= 0.3 is 0 Å². The Morgan fingerprint density at radius 3 is 2.62 bits per heavy atom. The number of benzene rings is 3. The van der Waals surface area contributed by atoms with Crippen LogP contribution in [0.15, 0.2) is 72.8 Å². The van der Waals surface area contributed by atoms with Gasteiger partial charge in [0.25, 0.3) is 0 Å². The zero-order valence-electron chi connectivity index (χ0n) is 18.4. The number of nitrogens with zero attached hydrogens (tertiary/aromatic N) is 3. The number of aromatic hydroxyl groups is 1. The van der Waals surface area contributed by atoms with Gasteiger partial charge in [0.05, 0.1) is 17.7 Å². The highest BCUT2D eigenvalue weighted by molar-refractivity contribution is 6.30. The van der Waals surface area contributed by atoms with Crippen LogP contribution in [0.2, 0.25) is 5.02 Å². The van der Waals surface area contributed by atoms with Crippen LogP contribution in [0.5, 0.6) is 11.5 Å². The van der Waals surface area contributed by atoms with Crippen molar-refractivity contribution in [3.63, 3.8) is 0 Å². The molecule has 0 spiro atoms. The van der Waals surface area contributed by atoms with Crippen LogP contribution >= 0.6 is 11.6 Å². The molecule has 1 aromatic heterocycles. The van der Waals surface area contributed by atoms with E-state index >= 15 is 0 Å². The van der Waals surface area contributed by atoms with Gasteiger partial charge in [-0.3, -0.25) is 0 Å². The lowest BCUT2D eigenvalue weighted by Gasteiger charge is -2.23. The number of phenolic OH excluding ortho intramolecular Hbond substituents is 1. The molecule has 1 saturated heterocycles. The molecule has 0 amide bonds. The highest BCUT2D eigenvalue weighted by Crippen LogP contribution is 2.36. The highest BCUT2D eigenvalue weighted by Gasteiger charge is 2.29. The zero-order valence-corrected chi connectivity index (χ0v) is 19.2. The number of pyridine rings is 1. The second-order valence-electron chi connectivity index (χ2n) is 8.26. The number of nitriles is 1. The minimum absolute atomic E-state index is 0.0199. The molecule has 2 heterocycles. The van der Waals surface area contributed by atoms with E-state index in [2.05, 4.69) is 16.3 Å². The molecule has 3 aromatic carbocycles. The lowest BCUT2D eigenvalue weighted by molar-refractivity contribution is 0.224. The van der Waals surface area contributed by atoms with Crippen molar-refractivity contribution < 1.29 is 9.84 Å². The zero-order chi connectivity index (χ0) is 23.5. The largest absolute Gasteiger partial charge is 0.508 e.